The lowest BCUT2D eigenvalue weighted by Gasteiger charge is -2.27. The monoisotopic (exact) mass is 337 g/mol. The number of carbonyl (C=O) groups excluding carboxylic acids is 1. The molecule has 0 aliphatic carbocycles. The quantitative estimate of drug-likeness (QED) is 0.737. The summed E-state index contributed by atoms with van der Waals surface area (Å²) in [4.78, 5) is 19.5. The fraction of sp³-hybridized carbons (Fsp3) is 0.263. The topological polar surface area (TPSA) is 56.1 Å². The maximum Gasteiger partial charge on any atom is 0.254 e. The third-order valence-corrected chi connectivity index (χ3v) is 4.56. The molecule has 0 saturated heterocycles. The molecule has 6 heteroatoms. The third kappa shape index (κ3) is 2.69. The first kappa shape index (κ1) is 15.5. The lowest BCUT2D eigenvalue weighted by molar-refractivity contribution is 0.0730. The number of pyridine rings is 1. The standard InChI is InChI=1S/C19H19N3O3/c1-24-14-9-13(10-15(11-14)25-2)19(23)21-8-6-16-17(12-21)22-7-4-3-5-18(22)20-16/h3-5,7,9-11H,6,8,12H2,1-2H3. The summed E-state index contributed by atoms with van der Waals surface area (Å²) in [6.07, 6.45) is 2.74. The second-order valence-electron chi connectivity index (χ2n) is 6.01. The van der Waals surface area contributed by atoms with Gasteiger partial charge >= 0.3 is 0 Å². The van der Waals surface area contributed by atoms with E-state index in [1.807, 2.05) is 29.3 Å². The highest BCUT2D eigenvalue weighted by molar-refractivity contribution is 5.95. The van der Waals surface area contributed by atoms with Crippen LogP contribution in [0.2, 0.25) is 0 Å². The maximum absolute atomic E-state index is 13.0. The number of aromatic nitrogens is 2. The van der Waals surface area contributed by atoms with Crippen LogP contribution in [0, 0.1) is 0 Å². The Balaban J connectivity index is 1.66. The Labute approximate surface area is 145 Å². The van der Waals surface area contributed by atoms with Gasteiger partial charge in [0.2, 0.25) is 0 Å². The zero-order chi connectivity index (χ0) is 17.4. The van der Waals surface area contributed by atoms with E-state index in [0.717, 1.165) is 23.5 Å². The molecule has 3 aromatic rings. The summed E-state index contributed by atoms with van der Waals surface area (Å²) in [7, 11) is 3.16. The number of nitrogens with zero attached hydrogens (tertiary/aromatic N) is 3. The first-order valence-corrected chi connectivity index (χ1v) is 8.17. The highest BCUT2D eigenvalue weighted by atomic mass is 16.5. The van der Waals surface area contributed by atoms with E-state index in [-0.39, 0.29) is 5.91 Å². The normalized spacial score (nSPS) is 13.6. The number of carbonyl (C=O) groups is 1. The number of benzene rings is 1. The SMILES string of the molecule is COc1cc(OC)cc(C(=O)N2CCc3nc4ccccn4c3C2)c1. The predicted molar refractivity (Wildman–Crippen MR) is 93.2 cm³/mol. The molecule has 0 spiro atoms. The molecule has 6 nitrogen and oxygen atoms in total. The Kier molecular flexibility index (Phi) is 3.80. The number of ether oxygens (including phenoxy) is 2. The van der Waals surface area contributed by atoms with Crippen LogP contribution < -0.4 is 9.47 Å². The van der Waals surface area contributed by atoms with E-state index in [2.05, 4.69) is 9.38 Å². The van der Waals surface area contributed by atoms with E-state index in [1.165, 1.54) is 0 Å². The van der Waals surface area contributed by atoms with Crippen molar-refractivity contribution >= 4 is 11.6 Å². The zero-order valence-corrected chi connectivity index (χ0v) is 14.2. The van der Waals surface area contributed by atoms with Gasteiger partial charge in [-0.05, 0) is 24.3 Å². The van der Waals surface area contributed by atoms with Gasteiger partial charge < -0.3 is 18.8 Å². The minimum atomic E-state index is -0.0336. The third-order valence-electron chi connectivity index (χ3n) is 4.56. The van der Waals surface area contributed by atoms with Gasteiger partial charge in [-0.2, -0.15) is 0 Å². The predicted octanol–water partition coefficient (Wildman–Crippen LogP) is 2.55. The lowest BCUT2D eigenvalue weighted by Crippen LogP contribution is -2.36. The van der Waals surface area contributed by atoms with Crippen molar-refractivity contribution in [2.24, 2.45) is 0 Å². The van der Waals surface area contributed by atoms with E-state index in [1.54, 1.807) is 32.4 Å². The van der Waals surface area contributed by atoms with Gasteiger partial charge in [0.05, 0.1) is 32.2 Å². The molecule has 0 fully saturated rings. The molecule has 0 radical (unpaired) electrons. The first-order chi connectivity index (χ1) is 12.2. The molecular formula is C19H19N3O3. The van der Waals surface area contributed by atoms with Crippen LogP contribution in [0.4, 0.5) is 0 Å². The summed E-state index contributed by atoms with van der Waals surface area (Å²) in [5.41, 5.74) is 3.63. The second kappa shape index (κ2) is 6.12. The van der Waals surface area contributed by atoms with Gasteiger partial charge in [0, 0.05) is 30.8 Å². The fourth-order valence-electron chi connectivity index (χ4n) is 3.25. The number of hydrogen-bond donors (Lipinski definition) is 0. The average Bonchev–Trinajstić information content (AvgIpc) is 3.04. The Morgan fingerprint density at radius 2 is 1.88 bits per heavy atom. The number of hydrogen-bond acceptors (Lipinski definition) is 4. The van der Waals surface area contributed by atoms with Crippen LogP contribution in [0.1, 0.15) is 21.7 Å². The van der Waals surface area contributed by atoms with Crippen molar-refractivity contribution in [2.75, 3.05) is 20.8 Å². The highest BCUT2D eigenvalue weighted by Gasteiger charge is 2.26. The molecule has 3 heterocycles. The highest BCUT2D eigenvalue weighted by Crippen LogP contribution is 2.26. The summed E-state index contributed by atoms with van der Waals surface area (Å²) >= 11 is 0. The van der Waals surface area contributed by atoms with E-state index < -0.39 is 0 Å². The molecule has 1 aliphatic rings. The molecule has 0 bridgehead atoms. The summed E-state index contributed by atoms with van der Waals surface area (Å²) in [6, 6.07) is 11.2. The van der Waals surface area contributed by atoms with E-state index in [9.17, 15) is 4.79 Å². The summed E-state index contributed by atoms with van der Waals surface area (Å²) in [6.45, 7) is 1.19. The molecule has 0 atom stereocenters. The fourth-order valence-corrected chi connectivity index (χ4v) is 3.25. The zero-order valence-electron chi connectivity index (χ0n) is 14.2. The van der Waals surface area contributed by atoms with Gasteiger partial charge in [-0.1, -0.05) is 6.07 Å². The van der Waals surface area contributed by atoms with Crippen molar-refractivity contribution in [1.82, 2.24) is 14.3 Å². The second-order valence-corrected chi connectivity index (χ2v) is 6.01. The van der Waals surface area contributed by atoms with E-state index >= 15 is 0 Å². The molecule has 0 N–H and O–H groups in total. The number of rotatable bonds is 3. The van der Waals surface area contributed by atoms with Gasteiger partial charge in [-0.3, -0.25) is 4.79 Å². The summed E-state index contributed by atoms with van der Waals surface area (Å²) < 4.78 is 12.6. The van der Waals surface area contributed by atoms with E-state index in [0.29, 0.717) is 30.2 Å². The van der Waals surface area contributed by atoms with Gasteiger partial charge in [-0.15, -0.1) is 0 Å². The Hall–Kier alpha value is -3.02. The van der Waals surface area contributed by atoms with Crippen LogP contribution in [-0.4, -0.2) is 41.0 Å². The van der Waals surface area contributed by atoms with Crippen molar-refractivity contribution in [2.45, 2.75) is 13.0 Å². The van der Waals surface area contributed by atoms with Crippen LogP contribution in [0.15, 0.2) is 42.6 Å². The number of amides is 1. The summed E-state index contributed by atoms with van der Waals surface area (Å²) in [5.74, 6) is 1.18. The molecule has 128 valence electrons. The van der Waals surface area contributed by atoms with Crippen LogP contribution >= 0.6 is 0 Å². The van der Waals surface area contributed by atoms with Gasteiger partial charge in [-0.25, -0.2) is 4.98 Å². The Morgan fingerprint density at radius 3 is 2.60 bits per heavy atom. The van der Waals surface area contributed by atoms with Crippen LogP contribution in [0.3, 0.4) is 0 Å². The molecule has 4 rings (SSSR count). The minimum absolute atomic E-state index is 0.0336. The van der Waals surface area contributed by atoms with Gasteiger partial charge in [0.1, 0.15) is 17.1 Å². The Morgan fingerprint density at radius 1 is 1.12 bits per heavy atom. The molecule has 1 aromatic carbocycles. The smallest absolute Gasteiger partial charge is 0.254 e. The summed E-state index contributed by atoms with van der Waals surface area (Å²) in [5, 5.41) is 0. The van der Waals surface area contributed by atoms with Crippen molar-refractivity contribution in [3.63, 3.8) is 0 Å². The van der Waals surface area contributed by atoms with Crippen LogP contribution in [0.25, 0.3) is 5.65 Å². The van der Waals surface area contributed by atoms with Crippen LogP contribution in [-0.2, 0) is 13.0 Å². The van der Waals surface area contributed by atoms with Gasteiger partial charge in [0.25, 0.3) is 5.91 Å². The van der Waals surface area contributed by atoms with Crippen molar-refractivity contribution in [1.29, 1.82) is 0 Å². The maximum atomic E-state index is 13.0. The molecule has 1 aliphatic heterocycles. The van der Waals surface area contributed by atoms with Gasteiger partial charge in [0.15, 0.2) is 0 Å². The Bertz CT molecular complexity index is 926. The van der Waals surface area contributed by atoms with Crippen molar-refractivity contribution in [3.05, 3.63) is 59.5 Å². The molecule has 25 heavy (non-hydrogen) atoms. The molecule has 1 amide bonds. The molecule has 0 saturated carbocycles. The number of imidazole rings is 1. The van der Waals surface area contributed by atoms with E-state index in [4.69, 9.17) is 9.47 Å². The van der Waals surface area contributed by atoms with Crippen molar-refractivity contribution < 1.29 is 14.3 Å². The first-order valence-electron chi connectivity index (χ1n) is 8.17. The van der Waals surface area contributed by atoms with Crippen molar-refractivity contribution in [3.8, 4) is 11.5 Å². The average molecular weight is 337 g/mol. The minimum Gasteiger partial charge on any atom is -0.497 e. The molecular weight excluding hydrogens is 318 g/mol. The van der Waals surface area contributed by atoms with Crippen LogP contribution in [0.5, 0.6) is 11.5 Å². The largest absolute Gasteiger partial charge is 0.497 e. The lowest BCUT2D eigenvalue weighted by atomic mass is 10.1. The number of methoxy groups -OCH3 is 2. The molecule has 2 aromatic heterocycles. The number of fused-ring (bicyclic) bond motifs is 3. The molecule has 0 unspecified atom stereocenters.